The van der Waals surface area contributed by atoms with Gasteiger partial charge in [-0.05, 0) is 27.7 Å². The fourth-order valence-electron chi connectivity index (χ4n) is 0.862. The zero-order valence-electron chi connectivity index (χ0n) is 9.96. The van der Waals surface area contributed by atoms with Gasteiger partial charge < -0.3 is 20.5 Å². The summed E-state index contributed by atoms with van der Waals surface area (Å²) < 4.78 is 5.04. The number of hydrogen-bond donors (Lipinski definition) is 3. The quantitative estimate of drug-likeness (QED) is 0.587. The van der Waals surface area contributed by atoms with Gasteiger partial charge in [-0.25, -0.2) is 4.79 Å². The van der Waals surface area contributed by atoms with Crippen LogP contribution in [0.2, 0.25) is 0 Å². The van der Waals surface area contributed by atoms with Crippen molar-refractivity contribution in [3.8, 4) is 0 Å². The molecule has 90 valence electrons. The number of alkyl carbamates (subject to hydrolysis) is 1. The van der Waals surface area contributed by atoms with Crippen molar-refractivity contribution in [2.45, 2.75) is 39.3 Å². The molecule has 5 heteroatoms. The highest BCUT2D eigenvalue weighted by Crippen LogP contribution is 2.05. The van der Waals surface area contributed by atoms with Crippen LogP contribution < -0.4 is 10.6 Å². The molecule has 0 saturated heterocycles. The third kappa shape index (κ3) is 9.49. The first-order chi connectivity index (χ1) is 6.85. The number of hydrogen-bond acceptors (Lipinski definition) is 4. The Labute approximate surface area is 91.2 Å². The van der Waals surface area contributed by atoms with Crippen molar-refractivity contribution in [1.29, 1.82) is 0 Å². The highest BCUT2D eigenvalue weighted by atomic mass is 16.6. The van der Waals surface area contributed by atoms with Gasteiger partial charge in [-0.3, -0.25) is 0 Å². The Morgan fingerprint density at radius 1 is 1.40 bits per heavy atom. The maximum absolute atomic E-state index is 11.2. The molecule has 0 radical (unpaired) electrons. The van der Waals surface area contributed by atoms with Crippen molar-refractivity contribution in [2.24, 2.45) is 0 Å². The molecule has 1 unspecified atom stereocenters. The van der Waals surface area contributed by atoms with Crippen molar-refractivity contribution >= 4 is 6.09 Å². The molecule has 3 N–H and O–H groups in total. The summed E-state index contributed by atoms with van der Waals surface area (Å²) in [7, 11) is 0. The maximum atomic E-state index is 11.2. The molecule has 0 aliphatic rings. The molecule has 0 aromatic rings. The molecule has 1 amide bonds. The van der Waals surface area contributed by atoms with E-state index in [1.807, 2.05) is 27.7 Å². The molecule has 5 nitrogen and oxygen atoms in total. The van der Waals surface area contributed by atoms with E-state index in [9.17, 15) is 4.79 Å². The predicted octanol–water partition coefficient (Wildman–Crippen LogP) is 0.481. The zero-order valence-corrected chi connectivity index (χ0v) is 9.96. The van der Waals surface area contributed by atoms with Crippen molar-refractivity contribution in [3.63, 3.8) is 0 Å². The molecule has 0 rings (SSSR count). The lowest BCUT2D eigenvalue weighted by molar-refractivity contribution is 0.0528. The average molecular weight is 218 g/mol. The number of carbonyl (C=O) groups is 1. The van der Waals surface area contributed by atoms with Gasteiger partial charge in [0.15, 0.2) is 0 Å². The van der Waals surface area contributed by atoms with E-state index in [1.54, 1.807) is 0 Å². The molecule has 0 heterocycles. The van der Waals surface area contributed by atoms with Crippen molar-refractivity contribution in [1.82, 2.24) is 10.6 Å². The molecule has 0 fully saturated rings. The Balaban J connectivity index is 3.48. The molecule has 15 heavy (non-hydrogen) atoms. The summed E-state index contributed by atoms with van der Waals surface area (Å²) in [4.78, 5) is 11.2. The van der Waals surface area contributed by atoms with E-state index in [4.69, 9.17) is 9.84 Å². The van der Waals surface area contributed by atoms with Crippen LogP contribution >= 0.6 is 0 Å². The van der Waals surface area contributed by atoms with E-state index in [2.05, 4.69) is 10.6 Å². The van der Waals surface area contributed by atoms with Crippen LogP contribution in [-0.4, -0.2) is 42.5 Å². The zero-order chi connectivity index (χ0) is 11.9. The van der Waals surface area contributed by atoms with E-state index in [0.29, 0.717) is 13.1 Å². The third-order valence-electron chi connectivity index (χ3n) is 1.56. The number of aliphatic hydroxyl groups excluding tert-OH is 1. The largest absolute Gasteiger partial charge is 0.444 e. The van der Waals surface area contributed by atoms with E-state index < -0.39 is 11.7 Å². The Hall–Kier alpha value is -0.810. The lowest BCUT2D eigenvalue weighted by Gasteiger charge is -2.20. The van der Waals surface area contributed by atoms with Crippen LogP contribution in [0.4, 0.5) is 4.79 Å². The van der Waals surface area contributed by atoms with Gasteiger partial charge in [-0.2, -0.15) is 0 Å². The third-order valence-corrected chi connectivity index (χ3v) is 1.56. The minimum absolute atomic E-state index is 0.0467. The summed E-state index contributed by atoms with van der Waals surface area (Å²) in [5, 5.41) is 14.4. The SMILES string of the molecule is CC(CO)NCCNC(=O)OC(C)(C)C. The van der Waals surface area contributed by atoms with E-state index in [-0.39, 0.29) is 12.6 Å². The summed E-state index contributed by atoms with van der Waals surface area (Å²) in [5.74, 6) is 0. The number of rotatable bonds is 5. The number of nitrogens with one attached hydrogen (secondary N) is 2. The fraction of sp³-hybridized carbons (Fsp3) is 0.900. The monoisotopic (exact) mass is 218 g/mol. The summed E-state index contributed by atoms with van der Waals surface area (Å²) >= 11 is 0. The van der Waals surface area contributed by atoms with Gasteiger partial charge in [-0.15, -0.1) is 0 Å². The topological polar surface area (TPSA) is 70.6 Å². The van der Waals surface area contributed by atoms with Gasteiger partial charge in [0.05, 0.1) is 6.61 Å². The normalized spacial score (nSPS) is 13.4. The molecule has 1 atom stereocenters. The van der Waals surface area contributed by atoms with Crippen LogP contribution in [-0.2, 0) is 4.74 Å². The summed E-state index contributed by atoms with van der Waals surface area (Å²) in [6, 6.07) is 0.0467. The smallest absolute Gasteiger partial charge is 0.407 e. The van der Waals surface area contributed by atoms with Crippen LogP contribution in [0, 0.1) is 0 Å². The first-order valence-corrected chi connectivity index (χ1v) is 5.16. The van der Waals surface area contributed by atoms with E-state index in [0.717, 1.165) is 0 Å². The minimum atomic E-state index is -0.462. The van der Waals surface area contributed by atoms with Gasteiger partial charge in [-0.1, -0.05) is 0 Å². The Morgan fingerprint density at radius 3 is 2.47 bits per heavy atom. The first kappa shape index (κ1) is 14.2. The second kappa shape index (κ2) is 6.63. The van der Waals surface area contributed by atoms with Gasteiger partial charge >= 0.3 is 6.09 Å². The van der Waals surface area contributed by atoms with E-state index in [1.165, 1.54) is 0 Å². The van der Waals surface area contributed by atoms with Gasteiger partial charge in [0.25, 0.3) is 0 Å². The average Bonchev–Trinajstić information content (AvgIpc) is 2.09. The molecule has 0 aromatic heterocycles. The standard InChI is InChI=1S/C10H22N2O3/c1-8(7-13)11-5-6-12-9(14)15-10(2,3)4/h8,11,13H,5-7H2,1-4H3,(H,12,14). The second-order valence-electron chi connectivity index (χ2n) is 4.47. The van der Waals surface area contributed by atoms with Crippen LogP contribution in [0.3, 0.4) is 0 Å². The van der Waals surface area contributed by atoms with Crippen LogP contribution in [0.1, 0.15) is 27.7 Å². The Bertz CT molecular complexity index is 190. The maximum Gasteiger partial charge on any atom is 0.407 e. The van der Waals surface area contributed by atoms with Crippen LogP contribution in [0.25, 0.3) is 0 Å². The lowest BCUT2D eigenvalue weighted by atomic mass is 10.2. The molecule has 0 aliphatic heterocycles. The van der Waals surface area contributed by atoms with Crippen LogP contribution in [0.15, 0.2) is 0 Å². The van der Waals surface area contributed by atoms with Gasteiger partial charge in [0.1, 0.15) is 5.60 Å². The molecule has 0 aliphatic carbocycles. The molecule has 0 aromatic carbocycles. The van der Waals surface area contributed by atoms with E-state index >= 15 is 0 Å². The number of aliphatic hydroxyl groups is 1. The molecule has 0 saturated carbocycles. The van der Waals surface area contributed by atoms with Crippen LogP contribution in [0.5, 0.6) is 0 Å². The predicted molar refractivity (Wildman–Crippen MR) is 58.8 cm³/mol. The first-order valence-electron chi connectivity index (χ1n) is 5.16. The molecule has 0 spiro atoms. The van der Waals surface area contributed by atoms with Gasteiger partial charge in [0.2, 0.25) is 0 Å². The van der Waals surface area contributed by atoms with Crippen molar-refractivity contribution in [2.75, 3.05) is 19.7 Å². The summed E-state index contributed by atoms with van der Waals surface area (Å²) in [6.45, 7) is 8.51. The highest BCUT2D eigenvalue weighted by molar-refractivity contribution is 5.67. The molecule has 0 bridgehead atoms. The number of amides is 1. The fourth-order valence-corrected chi connectivity index (χ4v) is 0.862. The Kier molecular flexibility index (Phi) is 6.27. The lowest BCUT2D eigenvalue weighted by Crippen LogP contribution is -2.39. The summed E-state index contributed by atoms with van der Waals surface area (Å²) in [5.41, 5.74) is -0.462. The highest BCUT2D eigenvalue weighted by Gasteiger charge is 2.15. The summed E-state index contributed by atoms with van der Waals surface area (Å²) in [6.07, 6.45) is -0.416. The Morgan fingerprint density at radius 2 is 2.00 bits per heavy atom. The molecular weight excluding hydrogens is 196 g/mol. The minimum Gasteiger partial charge on any atom is -0.444 e. The number of carbonyl (C=O) groups excluding carboxylic acids is 1. The van der Waals surface area contributed by atoms with Crippen molar-refractivity contribution < 1.29 is 14.6 Å². The number of ether oxygens (including phenoxy) is 1. The van der Waals surface area contributed by atoms with Gasteiger partial charge in [0, 0.05) is 19.1 Å². The molecular formula is C10H22N2O3. The second-order valence-corrected chi connectivity index (χ2v) is 4.47. The van der Waals surface area contributed by atoms with Crippen molar-refractivity contribution in [3.05, 3.63) is 0 Å².